The van der Waals surface area contributed by atoms with Crippen LogP contribution in [-0.2, 0) is 0 Å². The zero-order chi connectivity index (χ0) is 12.0. The molecule has 1 fully saturated rings. The van der Waals surface area contributed by atoms with Gasteiger partial charge in [0.05, 0.1) is 0 Å². The first kappa shape index (κ1) is 13.9. The Kier molecular flexibility index (Phi) is 6.32. The van der Waals surface area contributed by atoms with Crippen molar-refractivity contribution in [3.8, 4) is 0 Å². The quantitative estimate of drug-likeness (QED) is 0.676. The summed E-state index contributed by atoms with van der Waals surface area (Å²) in [6.45, 7) is 7.29. The van der Waals surface area contributed by atoms with Gasteiger partial charge in [0.2, 0.25) is 0 Å². The van der Waals surface area contributed by atoms with Crippen LogP contribution in [0.1, 0.15) is 39.5 Å². The van der Waals surface area contributed by atoms with E-state index in [2.05, 4.69) is 31.1 Å². The Morgan fingerprint density at radius 2 is 2.00 bits per heavy atom. The van der Waals surface area contributed by atoms with E-state index in [1.54, 1.807) is 0 Å². The predicted octanol–water partition coefficient (Wildman–Crippen LogP) is 1.47. The van der Waals surface area contributed by atoms with Gasteiger partial charge in [-0.05, 0) is 52.1 Å². The first-order valence-corrected chi connectivity index (χ1v) is 6.69. The summed E-state index contributed by atoms with van der Waals surface area (Å²) in [5.74, 6) is 0.749. The van der Waals surface area contributed by atoms with Crippen molar-refractivity contribution in [2.45, 2.75) is 51.6 Å². The van der Waals surface area contributed by atoms with Crippen molar-refractivity contribution in [1.29, 1.82) is 0 Å². The first-order chi connectivity index (χ1) is 7.65. The Labute approximate surface area is 100 Å². The van der Waals surface area contributed by atoms with Crippen LogP contribution in [0.3, 0.4) is 0 Å². The second-order valence-electron chi connectivity index (χ2n) is 5.35. The molecule has 0 aliphatic carbocycles. The van der Waals surface area contributed by atoms with E-state index in [4.69, 9.17) is 5.11 Å². The van der Waals surface area contributed by atoms with E-state index in [-0.39, 0.29) is 0 Å². The van der Waals surface area contributed by atoms with Crippen LogP contribution in [0.4, 0.5) is 0 Å². The molecule has 0 aromatic rings. The summed E-state index contributed by atoms with van der Waals surface area (Å²) >= 11 is 0. The van der Waals surface area contributed by atoms with E-state index in [9.17, 15) is 0 Å². The number of aliphatic hydroxyl groups excluding tert-OH is 1. The van der Waals surface area contributed by atoms with E-state index in [0.717, 1.165) is 25.3 Å². The van der Waals surface area contributed by atoms with Gasteiger partial charge in [0.15, 0.2) is 0 Å². The predicted molar refractivity (Wildman–Crippen MR) is 68.6 cm³/mol. The molecule has 1 saturated heterocycles. The van der Waals surface area contributed by atoms with Gasteiger partial charge in [0.25, 0.3) is 0 Å². The number of nitrogens with zero attached hydrogens (tertiary/aromatic N) is 1. The Balaban J connectivity index is 2.16. The van der Waals surface area contributed by atoms with Crippen LogP contribution in [0, 0.1) is 5.92 Å². The molecule has 0 aromatic carbocycles. The van der Waals surface area contributed by atoms with Crippen LogP contribution >= 0.6 is 0 Å². The van der Waals surface area contributed by atoms with E-state index in [1.165, 1.54) is 19.4 Å². The fourth-order valence-electron chi connectivity index (χ4n) is 2.53. The van der Waals surface area contributed by atoms with Gasteiger partial charge in [-0.2, -0.15) is 0 Å². The Bertz CT molecular complexity index is 187. The number of piperidine rings is 1. The van der Waals surface area contributed by atoms with E-state index < -0.39 is 0 Å². The summed E-state index contributed by atoms with van der Waals surface area (Å²) in [7, 11) is 2.22. The highest BCUT2D eigenvalue weighted by Gasteiger charge is 2.27. The largest absolute Gasteiger partial charge is 0.396 e. The van der Waals surface area contributed by atoms with E-state index in [1.807, 2.05) is 0 Å². The lowest BCUT2D eigenvalue weighted by Gasteiger charge is -2.40. The number of unbranched alkanes of at least 4 members (excludes halogenated alkanes) is 2. The molecule has 0 saturated carbocycles. The normalized spacial score (nSPS) is 31.9. The summed E-state index contributed by atoms with van der Waals surface area (Å²) in [5.41, 5.74) is 0. The Morgan fingerprint density at radius 1 is 1.25 bits per heavy atom. The molecule has 96 valence electrons. The van der Waals surface area contributed by atoms with Crippen LogP contribution < -0.4 is 5.32 Å². The van der Waals surface area contributed by atoms with Crippen molar-refractivity contribution in [3.05, 3.63) is 0 Å². The van der Waals surface area contributed by atoms with Gasteiger partial charge in [-0.3, -0.25) is 0 Å². The Morgan fingerprint density at radius 3 is 2.69 bits per heavy atom. The second-order valence-corrected chi connectivity index (χ2v) is 5.35. The number of likely N-dealkylation sites (tertiary alicyclic amines) is 1. The molecule has 0 spiro atoms. The lowest BCUT2D eigenvalue weighted by atomic mass is 9.90. The van der Waals surface area contributed by atoms with Gasteiger partial charge in [0.1, 0.15) is 0 Å². The van der Waals surface area contributed by atoms with Gasteiger partial charge >= 0.3 is 0 Å². The molecule has 0 amide bonds. The van der Waals surface area contributed by atoms with Gasteiger partial charge in [-0.25, -0.2) is 0 Å². The zero-order valence-electron chi connectivity index (χ0n) is 11.1. The number of hydrogen-bond donors (Lipinski definition) is 2. The van der Waals surface area contributed by atoms with Crippen molar-refractivity contribution in [3.63, 3.8) is 0 Å². The summed E-state index contributed by atoms with van der Waals surface area (Å²) in [5, 5.41) is 12.4. The van der Waals surface area contributed by atoms with Crippen LogP contribution in [0.5, 0.6) is 0 Å². The average molecular weight is 228 g/mol. The third-order valence-corrected chi connectivity index (χ3v) is 3.85. The standard InChI is InChI=1S/C13H28N2O/c1-11-10-15(3)12(2)9-13(11)14-7-5-4-6-8-16/h11-14,16H,4-10H2,1-3H3. The minimum atomic E-state index is 0.335. The monoisotopic (exact) mass is 228 g/mol. The molecule has 1 heterocycles. The fraction of sp³-hybridized carbons (Fsp3) is 1.00. The number of aliphatic hydroxyl groups is 1. The average Bonchev–Trinajstić information content (AvgIpc) is 2.25. The van der Waals surface area contributed by atoms with Crippen LogP contribution in [0.15, 0.2) is 0 Å². The maximum absolute atomic E-state index is 8.69. The maximum Gasteiger partial charge on any atom is 0.0431 e. The van der Waals surface area contributed by atoms with Crippen LogP contribution in [0.2, 0.25) is 0 Å². The third kappa shape index (κ3) is 4.40. The Hall–Kier alpha value is -0.120. The lowest BCUT2D eigenvalue weighted by Crippen LogP contribution is -2.51. The molecule has 1 rings (SSSR count). The van der Waals surface area contributed by atoms with Gasteiger partial charge < -0.3 is 15.3 Å². The highest BCUT2D eigenvalue weighted by atomic mass is 16.2. The van der Waals surface area contributed by atoms with Crippen molar-refractivity contribution >= 4 is 0 Å². The maximum atomic E-state index is 8.69. The van der Waals surface area contributed by atoms with Crippen molar-refractivity contribution < 1.29 is 5.11 Å². The van der Waals surface area contributed by atoms with E-state index in [0.29, 0.717) is 18.7 Å². The van der Waals surface area contributed by atoms with Crippen LogP contribution in [-0.4, -0.2) is 48.8 Å². The molecule has 3 unspecified atom stereocenters. The number of nitrogens with one attached hydrogen (secondary N) is 1. The summed E-state index contributed by atoms with van der Waals surface area (Å²) < 4.78 is 0. The van der Waals surface area contributed by atoms with Crippen molar-refractivity contribution in [1.82, 2.24) is 10.2 Å². The number of rotatable bonds is 6. The molecule has 3 nitrogen and oxygen atoms in total. The van der Waals surface area contributed by atoms with Crippen molar-refractivity contribution in [2.75, 3.05) is 26.7 Å². The highest BCUT2D eigenvalue weighted by molar-refractivity contribution is 4.85. The first-order valence-electron chi connectivity index (χ1n) is 6.69. The summed E-state index contributed by atoms with van der Waals surface area (Å²) in [6.07, 6.45) is 4.53. The molecule has 0 radical (unpaired) electrons. The lowest BCUT2D eigenvalue weighted by molar-refractivity contribution is 0.121. The molecule has 2 N–H and O–H groups in total. The summed E-state index contributed by atoms with van der Waals surface area (Å²) in [6, 6.07) is 1.38. The van der Waals surface area contributed by atoms with Crippen molar-refractivity contribution in [2.24, 2.45) is 5.92 Å². The minimum Gasteiger partial charge on any atom is -0.396 e. The molecule has 1 aliphatic heterocycles. The SMILES string of the molecule is CC1CN(C)C(C)CC1NCCCCCO. The fourth-order valence-corrected chi connectivity index (χ4v) is 2.53. The van der Waals surface area contributed by atoms with Gasteiger partial charge in [-0.1, -0.05) is 6.92 Å². The molecule has 1 aliphatic rings. The molecular formula is C13H28N2O. The van der Waals surface area contributed by atoms with Gasteiger partial charge in [-0.15, -0.1) is 0 Å². The summed E-state index contributed by atoms with van der Waals surface area (Å²) in [4.78, 5) is 2.45. The third-order valence-electron chi connectivity index (χ3n) is 3.85. The molecule has 3 atom stereocenters. The van der Waals surface area contributed by atoms with E-state index >= 15 is 0 Å². The molecule has 0 aromatic heterocycles. The van der Waals surface area contributed by atoms with Gasteiger partial charge in [0, 0.05) is 25.2 Å². The molecule has 3 heteroatoms. The molecule has 16 heavy (non-hydrogen) atoms. The topological polar surface area (TPSA) is 35.5 Å². The zero-order valence-corrected chi connectivity index (χ0v) is 11.1. The minimum absolute atomic E-state index is 0.335. The van der Waals surface area contributed by atoms with Crippen LogP contribution in [0.25, 0.3) is 0 Å². The highest BCUT2D eigenvalue weighted by Crippen LogP contribution is 2.20. The number of hydrogen-bond acceptors (Lipinski definition) is 3. The smallest absolute Gasteiger partial charge is 0.0431 e. The molecular weight excluding hydrogens is 200 g/mol. The second kappa shape index (κ2) is 7.25. The molecule has 0 bridgehead atoms.